The first-order chi connectivity index (χ1) is 8.16. The molecule has 0 fully saturated rings. The molecule has 0 atom stereocenters. The van der Waals surface area contributed by atoms with Gasteiger partial charge in [-0.25, -0.2) is 0 Å². The van der Waals surface area contributed by atoms with Crippen molar-refractivity contribution < 1.29 is 4.79 Å². The fraction of sp³-hybridized carbons (Fsp3) is 0.154. The van der Waals surface area contributed by atoms with Crippen LogP contribution in [0, 0.1) is 0 Å². The van der Waals surface area contributed by atoms with Crippen LogP contribution in [0.1, 0.15) is 4.88 Å². The van der Waals surface area contributed by atoms with Gasteiger partial charge in [0.05, 0.1) is 10.2 Å². The van der Waals surface area contributed by atoms with Crippen LogP contribution in [0.5, 0.6) is 0 Å². The number of amides is 1. The lowest BCUT2D eigenvalue weighted by Crippen LogP contribution is -2.27. The molecule has 0 N–H and O–H groups in total. The molecule has 1 amide bonds. The number of likely N-dealkylation sites (N-methyl/N-ethyl adjacent to an activating group) is 1. The fourth-order valence-electron chi connectivity index (χ4n) is 1.51. The van der Waals surface area contributed by atoms with Crippen molar-refractivity contribution in [1.29, 1.82) is 0 Å². The van der Waals surface area contributed by atoms with Crippen LogP contribution in [-0.4, -0.2) is 13.0 Å². The van der Waals surface area contributed by atoms with Crippen molar-refractivity contribution in [3.05, 3.63) is 51.1 Å². The topological polar surface area (TPSA) is 20.3 Å². The SMILES string of the molecule is CN(C(=O)Cc1ccc(Br)s1)c1ccccc1. The van der Waals surface area contributed by atoms with Gasteiger partial charge in [0.15, 0.2) is 0 Å². The van der Waals surface area contributed by atoms with Crippen molar-refractivity contribution in [2.75, 3.05) is 11.9 Å². The number of carbonyl (C=O) groups excluding carboxylic acids is 1. The molecule has 1 aromatic carbocycles. The minimum Gasteiger partial charge on any atom is -0.315 e. The van der Waals surface area contributed by atoms with Crippen LogP contribution in [0.4, 0.5) is 5.69 Å². The average molecular weight is 310 g/mol. The van der Waals surface area contributed by atoms with Crippen LogP contribution in [0.2, 0.25) is 0 Å². The summed E-state index contributed by atoms with van der Waals surface area (Å²) in [6, 6.07) is 13.6. The Morgan fingerprint density at radius 2 is 1.94 bits per heavy atom. The van der Waals surface area contributed by atoms with E-state index in [-0.39, 0.29) is 5.91 Å². The Labute approximate surface area is 113 Å². The van der Waals surface area contributed by atoms with Gasteiger partial charge in [-0.1, -0.05) is 18.2 Å². The maximum absolute atomic E-state index is 12.0. The van der Waals surface area contributed by atoms with E-state index in [2.05, 4.69) is 15.9 Å². The molecule has 2 aromatic rings. The molecule has 0 saturated heterocycles. The van der Waals surface area contributed by atoms with Crippen molar-refractivity contribution in [2.24, 2.45) is 0 Å². The van der Waals surface area contributed by atoms with Crippen LogP contribution >= 0.6 is 27.3 Å². The van der Waals surface area contributed by atoms with Gasteiger partial charge < -0.3 is 4.90 Å². The molecule has 0 aliphatic carbocycles. The van der Waals surface area contributed by atoms with Gasteiger partial charge in [0.25, 0.3) is 0 Å². The Morgan fingerprint density at radius 1 is 1.24 bits per heavy atom. The number of nitrogens with zero attached hydrogens (tertiary/aromatic N) is 1. The molecule has 2 nitrogen and oxygen atoms in total. The molecule has 0 saturated carbocycles. The summed E-state index contributed by atoms with van der Waals surface area (Å²) in [4.78, 5) is 14.8. The number of para-hydroxylation sites is 1. The monoisotopic (exact) mass is 309 g/mol. The average Bonchev–Trinajstić information content (AvgIpc) is 2.75. The largest absolute Gasteiger partial charge is 0.315 e. The van der Waals surface area contributed by atoms with Crippen molar-refractivity contribution in [1.82, 2.24) is 0 Å². The van der Waals surface area contributed by atoms with Gasteiger partial charge in [-0.2, -0.15) is 0 Å². The van der Waals surface area contributed by atoms with Crippen LogP contribution in [0.15, 0.2) is 46.3 Å². The van der Waals surface area contributed by atoms with E-state index in [9.17, 15) is 4.79 Å². The molecule has 4 heteroatoms. The van der Waals surface area contributed by atoms with E-state index in [1.807, 2.05) is 42.5 Å². The van der Waals surface area contributed by atoms with Crippen LogP contribution in [-0.2, 0) is 11.2 Å². The first-order valence-electron chi connectivity index (χ1n) is 5.22. The molecule has 0 bridgehead atoms. The van der Waals surface area contributed by atoms with E-state index in [0.717, 1.165) is 14.4 Å². The van der Waals surface area contributed by atoms with E-state index < -0.39 is 0 Å². The number of anilines is 1. The predicted molar refractivity (Wildman–Crippen MR) is 75.6 cm³/mol. The zero-order valence-electron chi connectivity index (χ0n) is 9.39. The Balaban J connectivity index is 2.06. The van der Waals surface area contributed by atoms with E-state index in [1.165, 1.54) is 0 Å². The normalized spacial score (nSPS) is 10.2. The molecule has 17 heavy (non-hydrogen) atoms. The summed E-state index contributed by atoms with van der Waals surface area (Å²) < 4.78 is 1.06. The van der Waals surface area contributed by atoms with Crippen molar-refractivity contribution in [2.45, 2.75) is 6.42 Å². The summed E-state index contributed by atoms with van der Waals surface area (Å²) in [5.41, 5.74) is 0.924. The van der Waals surface area contributed by atoms with Crippen LogP contribution < -0.4 is 4.90 Å². The highest BCUT2D eigenvalue weighted by atomic mass is 79.9. The molecule has 0 spiro atoms. The number of hydrogen-bond acceptors (Lipinski definition) is 2. The fourth-order valence-corrected chi connectivity index (χ4v) is 2.98. The van der Waals surface area contributed by atoms with Gasteiger partial charge in [-0.3, -0.25) is 4.79 Å². The van der Waals surface area contributed by atoms with Gasteiger partial charge in [-0.05, 0) is 40.2 Å². The van der Waals surface area contributed by atoms with E-state index in [0.29, 0.717) is 6.42 Å². The third-order valence-electron chi connectivity index (χ3n) is 2.47. The Kier molecular flexibility index (Phi) is 3.97. The third kappa shape index (κ3) is 3.17. The van der Waals surface area contributed by atoms with Gasteiger partial charge in [0.1, 0.15) is 0 Å². The second-order valence-electron chi connectivity index (χ2n) is 3.67. The molecule has 2 rings (SSSR count). The van der Waals surface area contributed by atoms with Crippen molar-refractivity contribution >= 4 is 38.9 Å². The quantitative estimate of drug-likeness (QED) is 0.846. The summed E-state index contributed by atoms with van der Waals surface area (Å²) >= 11 is 5.00. The lowest BCUT2D eigenvalue weighted by atomic mass is 10.2. The van der Waals surface area contributed by atoms with Gasteiger partial charge in [0.2, 0.25) is 5.91 Å². The minimum absolute atomic E-state index is 0.102. The van der Waals surface area contributed by atoms with Crippen LogP contribution in [0.3, 0.4) is 0 Å². The molecule has 0 aliphatic rings. The number of benzene rings is 1. The molecular formula is C13H12BrNOS. The van der Waals surface area contributed by atoms with Crippen molar-refractivity contribution in [3.8, 4) is 0 Å². The van der Waals surface area contributed by atoms with E-state index in [4.69, 9.17) is 0 Å². The summed E-state index contributed by atoms with van der Waals surface area (Å²) in [5, 5.41) is 0. The molecular weight excluding hydrogens is 298 g/mol. The lowest BCUT2D eigenvalue weighted by molar-refractivity contribution is -0.117. The highest BCUT2D eigenvalue weighted by Gasteiger charge is 2.12. The van der Waals surface area contributed by atoms with Crippen LogP contribution in [0.25, 0.3) is 0 Å². The summed E-state index contributed by atoms with van der Waals surface area (Å²) in [6.45, 7) is 0. The lowest BCUT2D eigenvalue weighted by Gasteiger charge is -2.16. The molecule has 0 aliphatic heterocycles. The highest BCUT2D eigenvalue weighted by molar-refractivity contribution is 9.11. The first kappa shape index (κ1) is 12.3. The molecule has 0 radical (unpaired) electrons. The standard InChI is InChI=1S/C13H12BrNOS/c1-15(10-5-3-2-4-6-10)13(16)9-11-7-8-12(14)17-11/h2-8H,9H2,1H3. The predicted octanol–water partition coefficient (Wildman–Crippen LogP) is 3.72. The number of thiophene rings is 1. The van der Waals surface area contributed by atoms with Gasteiger partial charge >= 0.3 is 0 Å². The maximum Gasteiger partial charge on any atom is 0.231 e. The molecule has 1 heterocycles. The van der Waals surface area contributed by atoms with E-state index in [1.54, 1.807) is 23.3 Å². The molecule has 1 aromatic heterocycles. The number of halogens is 1. The third-order valence-corrected chi connectivity index (χ3v) is 4.10. The zero-order chi connectivity index (χ0) is 12.3. The molecule has 0 unspecified atom stereocenters. The number of hydrogen-bond donors (Lipinski definition) is 0. The van der Waals surface area contributed by atoms with E-state index >= 15 is 0 Å². The van der Waals surface area contributed by atoms with Gasteiger partial charge in [-0.15, -0.1) is 11.3 Å². The zero-order valence-corrected chi connectivity index (χ0v) is 11.8. The Morgan fingerprint density at radius 3 is 2.53 bits per heavy atom. The number of rotatable bonds is 3. The first-order valence-corrected chi connectivity index (χ1v) is 6.83. The Bertz CT molecular complexity index is 509. The summed E-state index contributed by atoms with van der Waals surface area (Å²) in [6.07, 6.45) is 0.446. The maximum atomic E-state index is 12.0. The summed E-state index contributed by atoms with van der Waals surface area (Å²) in [7, 11) is 1.81. The second kappa shape index (κ2) is 5.47. The Hall–Kier alpha value is -1.13. The summed E-state index contributed by atoms with van der Waals surface area (Å²) in [5.74, 6) is 0.102. The second-order valence-corrected chi connectivity index (χ2v) is 6.22. The highest BCUT2D eigenvalue weighted by Crippen LogP contribution is 2.23. The minimum atomic E-state index is 0.102. The smallest absolute Gasteiger partial charge is 0.231 e. The molecule has 88 valence electrons. The number of carbonyl (C=O) groups is 1. The van der Waals surface area contributed by atoms with Gasteiger partial charge in [0, 0.05) is 17.6 Å². The van der Waals surface area contributed by atoms with Crippen molar-refractivity contribution in [3.63, 3.8) is 0 Å².